The highest BCUT2D eigenvalue weighted by atomic mass is 35.5. The minimum absolute atomic E-state index is 0.927. The summed E-state index contributed by atoms with van der Waals surface area (Å²) in [5.74, 6) is 0. The summed E-state index contributed by atoms with van der Waals surface area (Å²) >= 11 is 5.83. The van der Waals surface area contributed by atoms with E-state index in [9.17, 15) is 0 Å². The van der Waals surface area contributed by atoms with Crippen LogP contribution in [0.4, 0.5) is 0 Å². The Balaban J connectivity index is 3.28. The molecule has 0 aromatic rings. The molecule has 0 spiro atoms. The Bertz CT molecular complexity index is 81.3. The maximum absolute atomic E-state index is 5.83. The number of alkyl halides is 1. The van der Waals surface area contributed by atoms with Gasteiger partial charge in [0.2, 0.25) is 0 Å². The fourth-order valence-electron chi connectivity index (χ4n) is 0.920. The summed E-state index contributed by atoms with van der Waals surface area (Å²) in [6.07, 6.45) is 4.10. The lowest BCUT2D eigenvalue weighted by Gasteiger charge is -2.17. The summed E-state index contributed by atoms with van der Waals surface area (Å²) in [7, 11) is -0.949. The van der Waals surface area contributed by atoms with E-state index in [1.165, 1.54) is 25.3 Å². The van der Waals surface area contributed by atoms with Crippen molar-refractivity contribution in [3.05, 3.63) is 0 Å². The van der Waals surface area contributed by atoms with Gasteiger partial charge in [-0.1, -0.05) is 45.3 Å². The van der Waals surface area contributed by atoms with Gasteiger partial charge >= 0.3 is 0 Å². The highest BCUT2D eigenvalue weighted by molar-refractivity contribution is 6.83. The van der Waals surface area contributed by atoms with E-state index in [1.807, 2.05) is 0 Å². The van der Waals surface area contributed by atoms with E-state index in [0.717, 1.165) is 5.50 Å². The van der Waals surface area contributed by atoms with Gasteiger partial charge in [0.15, 0.2) is 0 Å². The molecule has 0 aromatic carbocycles. The lowest BCUT2D eigenvalue weighted by atomic mass is 10.3. The van der Waals surface area contributed by atoms with Crippen molar-refractivity contribution in [3.63, 3.8) is 0 Å². The van der Waals surface area contributed by atoms with Crippen LogP contribution in [0.25, 0.3) is 0 Å². The summed E-state index contributed by atoms with van der Waals surface area (Å²) in [4.78, 5) is 0. The zero-order valence-electron chi connectivity index (χ0n) is 7.41. The molecule has 0 aliphatic heterocycles. The van der Waals surface area contributed by atoms with Crippen LogP contribution in [-0.2, 0) is 0 Å². The summed E-state index contributed by atoms with van der Waals surface area (Å²) in [6.45, 7) is 6.99. The van der Waals surface area contributed by atoms with Crippen LogP contribution in [0.1, 0.15) is 26.2 Å². The van der Waals surface area contributed by atoms with Crippen LogP contribution >= 0.6 is 11.6 Å². The summed E-state index contributed by atoms with van der Waals surface area (Å²) in [6, 6.07) is 1.41. The number of hydrogen-bond donors (Lipinski definition) is 0. The molecule has 0 aliphatic carbocycles. The second kappa shape index (κ2) is 5.20. The molecular formula is C8H19ClSi. The molecule has 2 heteroatoms. The lowest BCUT2D eigenvalue weighted by Crippen LogP contribution is -2.27. The van der Waals surface area contributed by atoms with E-state index in [0.29, 0.717) is 0 Å². The molecule has 0 saturated heterocycles. The predicted molar refractivity (Wildman–Crippen MR) is 52.5 cm³/mol. The van der Waals surface area contributed by atoms with Gasteiger partial charge in [0.1, 0.15) is 0 Å². The van der Waals surface area contributed by atoms with Crippen LogP contribution < -0.4 is 0 Å². The molecule has 0 nitrogen and oxygen atoms in total. The zero-order chi connectivity index (χ0) is 8.04. The summed E-state index contributed by atoms with van der Waals surface area (Å²) in [5.41, 5.74) is 0.927. The predicted octanol–water partition coefficient (Wildman–Crippen LogP) is 3.66. The van der Waals surface area contributed by atoms with E-state index in [-0.39, 0.29) is 0 Å². The topological polar surface area (TPSA) is 0 Å². The highest BCUT2D eigenvalue weighted by Gasteiger charge is 2.17. The number of hydrogen-bond acceptors (Lipinski definition) is 0. The minimum Gasteiger partial charge on any atom is -0.130 e. The van der Waals surface area contributed by atoms with Gasteiger partial charge in [0.05, 0.1) is 8.07 Å². The monoisotopic (exact) mass is 178 g/mol. The van der Waals surface area contributed by atoms with Crippen LogP contribution in [0.3, 0.4) is 0 Å². The highest BCUT2D eigenvalue weighted by Crippen LogP contribution is 2.15. The fourth-order valence-corrected chi connectivity index (χ4v) is 2.66. The molecule has 0 amide bonds. The third kappa shape index (κ3) is 5.30. The normalized spacial score (nSPS) is 12.0. The van der Waals surface area contributed by atoms with Crippen molar-refractivity contribution in [2.24, 2.45) is 0 Å². The molecule has 0 atom stereocenters. The maximum Gasteiger partial charge on any atom is 0.0639 e. The third-order valence-corrected chi connectivity index (χ3v) is 6.42. The van der Waals surface area contributed by atoms with Crippen molar-refractivity contribution in [3.8, 4) is 0 Å². The Hall–Kier alpha value is 0.507. The van der Waals surface area contributed by atoms with Gasteiger partial charge in [-0.2, -0.15) is 0 Å². The van der Waals surface area contributed by atoms with Crippen molar-refractivity contribution in [1.82, 2.24) is 0 Å². The van der Waals surface area contributed by atoms with Gasteiger partial charge in [-0.25, -0.2) is 0 Å². The van der Waals surface area contributed by atoms with Crippen molar-refractivity contribution in [2.75, 3.05) is 5.50 Å². The molecule has 0 aromatic heterocycles. The Kier molecular flexibility index (Phi) is 5.46. The molecule has 0 heterocycles. The largest absolute Gasteiger partial charge is 0.130 e. The average molecular weight is 179 g/mol. The van der Waals surface area contributed by atoms with Gasteiger partial charge in [-0.05, 0) is 0 Å². The molecule has 0 unspecified atom stereocenters. The molecule has 0 rings (SSSR count). The van der Waals surface area contributed by atoms with Crippen LogP contribution in [0.2, 0.25) is 19.1 Å². The first-order chi connectivity index (χ1) is 4.62. The second-order valence-corrected chi connectivity index (χ2v) is 9.65. The number of unbranched alkanes of at least 4 members (excludes halogenated alkanes) is 2. The lowest BCUT2D eigenvalue weighted by molar-refractivity contribution is 0.762. The molecular weight excluding hydrogens is 160 g/mol. The zero-order valence-corrected chi connectivity index (χ0v) is 9.17. The SMILES string of the molecule is CCCCC[Si](C)(C)CCl. The Labute approximate surface area is 71.0 Å². The van der Waals surface area contributed by atoms with Gasteiger partial charge in [-0.15, -0.1) is 11.6 Å². The first kappa shape index (κ1) is 10.5. The summed E-state index contributed by atoms with van der Waals surface area (Å²) < 4.78 is 0. The molecule has 0 fully saturated rings. The molecule has 0 bridgehead atoms. The molecule has 0 radical (unpaired) electrons. The van der Waals surface area contributed by atoms with Crippen LogP contribution in [-0.4, -0.2) is 13.6 Å². The number of rotatable bonds is 5. The smallest absolute Gasteiger partial charge is 0.0639 e. The third-order valence-electron chi connectivity index (χ3n) is 1.82. The van der Waals surface area contributed by atoms with Crippen molar-refractivity contribution >= 4 is 19.7 Å². The maximum atomic E-state index is 5.83. The first-order valence-electron chi connectivity index (χ1n) is 4.18. The standard InChI is InChI=1S/C8H19ClSi/c1-4-5-6-7-10(2,3)8-9/h4-8H2,1-3H3. The van der Waals surface area contributed by atoms with Crippen LogP contribution in [0, 0.1) is 0 Å². The average Bonchev–Trinajstić information content (AvgIpc) is 1.89. The molecule has 62 valence electrons. The first-order valence-corrected chi connectivity index (χ1v) is 8.13. The van der Waals surface area contributed by atoms with Gasteiger partial charge in [-0.3, -0.25) is 0 Å². The Morgan fingerprint density at radius 1 is 1.20 bits per heavy atom. The second-order valence-electron chi connectivity index (χ2n) is 3.75. The van der Waals surface area contributed by atoms with Crippen molar-refractivity contribution in [1.29, 1.82) is 0 Å². The molecule has 10 heavy (non-hydrogen) atoms. The fraction of sp³-hybridized carbons (Fsp3) is 1.00. The van der Waals surface area contributed by atoms with E-state index < -0.39 is 8.07 Å². The molecule has 0 aliphatic rings. The molecule has 0 N–H and O–H groups in total. The summed E-state index contributed by atoms with van der Waals surface area (Å²) in [5, 5.41) is 0. The van der Waals surface area contributed by atoms with Crippen molar-refractivity contribution in [2.45, 2.75) is 45.3 Å². The van der Waals surface area contributed by atoms with E-state index in [1.54, 1.807) is 0 Å². The number of halogens is 1. The Morgan fingerprint density at radius 3 is 2.20 bits per heavy atom. The molecule has 0 saturated carbocycles. The van der Waals surface area contributed by atoms with E-state index in [2.05, 4.69) is 20.0 Å². The Morgan fingerprint density at radius 2 is 1.80 bits per heavy atom. The van der Waals surface area contributed by atoms with Gasteiger partial charge in [0, 0.05) is 5.50 Å². The minimum atomic E-state index is -0.949. The van der Waals surface area contributed by atoms with Crippen molar-refractivity contribution < 1.29 is 0 Å². The van der Waals surface area contributed by atoms with Crippen LogP contribution in [0.5, 0.6) is 0 Å². The van der Waals surface area contributed by atoms with E-state index in [4.69, 9.17) is 11.6 Å². The van der Waals surface area contributed by atoms with E-state index >= 15 is 0 Å². The van der Waals surface area contributed by atoms with Gasteiger partial charge < -0.3 is 0 Å². The van der Waals surface area contributed by atoms with Crippen LogP contribution in [0.15, 0.2) is 0 Å². The van der Waals surface area contributed by atoms with Gasteiger partial charge in [0.25, 0.3) is 0 Å². The quantitative estimate of drug-likeness (QED) is 0.343.